The summed E-state index contributed by atoms with van der Waals surface area (Å²) in [5.41, 5.74) is 3.06. The van der Waals surface area contributed by atoms with Gasteiger partial charge >= 0.3 is 0 Å². The number of anilines is 1. The maximum atomic E-state index is 12.8. The molecule has 3 aromatic rings. The number of methoxy groups -OCH3 is 1. The highest BCUT2D eigenvalue weighted by atomic mass is 16.5. The lowest BCUT2D eigenvalue weighted by Gasteiger charge is -2.35. The summed E-state index contributed by atoms with van der Waals surface area (Å²) in [7, 11) is 1.66. The quantitative estimate of drug-likeness (QED) is 0.690. The van der Waals surface area contributed by atoms with Crippen LogP contribution in [0.25, 0.3) is 10.9 Å². The van der Waals surface area contributed by atoms with Crippen molar-refractivity contribution in [2.45, 2.75) is 6.92 Å². The number of pyridine rings is 1. The van der Waals surface area contributed by atoms with Crippen molar-refractivity contribution in [1.29, 1.82) is 5.26 Å². The molecule has 1 aromatic heterocycles. The van der Waals surface area contributed by atoms with Crippen molar-refractivity contribution < 1.29 is 9.53 Å². The number of nitrogens with zero attached hydrogens (tertiary/aromatic N) is 4. The van der Waals surface area contributed by atoms with E-state index in [2.05, 4.69) is 30.0 Å². The summed E-state index contributed by atoms with van der Waals surface area (Å²) in [6, 6.07) is 17.0. The van der Waals surface area contributed by atoms with E-state index in [-0.39, 0.29) is 5.91 Å². The van der Waals surface area contributed by atoms with Crippen molar-refractivity contribution in [2.75, 3.05) is 38.2 Å². The molecular weight excluding hydrogens is 364 g/mol. The van der Waals surface area contributed by atoms with Gasteiger partial charge in [0.2, 0.25) is 0 Å². The van der Waals surface area contributed by atoms with Gasteiger partial charge in [-0.15, -0.1) is 0 Å². The SMILES string of the molecule is COc1cccc2c(C)cc(N3CCN(C(=O)c4cccc(C#N)c4)CC3)nc12. The molecule has 29 heavy (non-hydrogen) atoms. The van der Waals surface area contributed by atoms with Gasteiger partial charge in [-0.3, -0.25) is 4.79 Å². The van der Waals surface area contributed by atoms with E-state index >= 15 is 0 Å². The Kier molecular flexibility index (Phi) is 5.05. The van der Waals surface area contributed by atoms with Crippen molar-refractivity contribution in [1.82, 2.24) is 9.88 Å². The number of benzene rings is 2. The Morgan fingerprint density at radius 2 is 1.86 bits per heavy atom. The molecule has 146 valence electrons. The van der Waals surface area contributed by atoms with Crippen LogP contribution in [0, 0.1) is 18.3 Å². The fourth-order valence-corrected chi connectivity index (χ4v) is 3.74. The number of carbonyl (C=O) groups excluding carboxylic acids is 1. The van der Waals surface area contributed by atoms with Crippen LogP contribution in [0.1, 0.15) is 21.5 Å². The second-order valence-electron chi connectivity index (χ2n) is 7.13. The van der Waals surface area contributed by atoms with E-state index in [0.717, 1.165) is 28.0 Å². The van der Waals surface area contributed by atoms with Crippen LogP contribution in [-0.4, -0.2) is 49.1 Å². The third kappa shape index (κ3) is 3.59. The largest absolute Gasteiger partial charge is 0.494 e. The lowest BCUT2D eigenvalue weighted by molar-refractivity contribution is 0.0746. The first-order valence-electron chi connectivity index (χ1n) is 9.59. The van der Waals surface area contributed by atoms with Gasteiger partial charge in [-0.05, 0) is 42.8 Å². The average molecular weight is 386 g/mol. The van der Waals surface area contributed by atoms with Crippen LogP contribution in [0.5, 0.6) is 5.75 Å². The van der Waals surface area contributed by atoms with Gasteiger partial charge in [0.25, 0.3) is 5.91 Å². The number of rotatable bonds is 3. The molecule has 0 spiro atoms. The minimum absolute atomic E-state index is 0.0360. The molecule has 2 heterocycles. The van der Waals surface area contributed by atoms with Crippen molar-refractivity contribution in [3.8, 4) is 11.8 Å². The highest BCUT2D eigenvalue weighted by molar-refractivity contribution is 5.94. The summed E-state index contributed by atoms with van der Waals surface area (Å²) in [5.74, 6) is 1.63. The van der Waals surface area contributed by atoms with Crippen molar-refractivity contribution in [3.63, 3.8) is 0 Å². The number of piperazine rings is 1. The van der Waals surface area contributed by atoms with Crippen LogP contribution in [-0.2, 0) is 0 Å². The Balaban J connectivity index is 1.52. The van der Waals surface area contributed by atoms with E-state index in [1.54, 1.807) is 31.4 Å². The third-order valence-electron chi connectivity index (χ3n) is 5.35. The van der Waals surface area contributed by atoms with Crippen molar-refractivity contribution >= 4 is 22.6 Å². The number of aryl methyl sites for hydroxylation is 1. The molecule has 4 rings (SSSR count). The summed E-state index contributed by atoms with van der Waals surface area (Å²) in [6.45, 7) is 4.71. The van der Waals surface area contributed by atoms with Crippen molar-refractivity contribution in [2.24, 2.45) is 0 Å². The first kappa shape index (κ1) is 18.8. The number of amides is 1. The van der Waals surface area contributed by atoms with E-state index in [9.17, 15) is 4.79 Å². The molecule has 0 radical (unpaired) electrons. The van der Waals surface area contributed by atoms with Crippen LogP contribution in [0.15, 0.2) is 48.5 Å². The normalized spacial score (nSPS) is 14.0. The standard InChI is InChI=1S/C23H22N4O2/c1-16-13-21(25-22-19(16)7-4-8-20(22)29-2)26-9-11-27(12-10-26)23(28)18-6-3-5-17(14-18)15-24/h3-8,13-14H,9-12H2,1-2H3. The highest BCUT2D eigenvalue weighted by Gasteiger charge is 2.23. The molecule has 0 N–H and O–H groups in total. The minimum atomic E-state index is -0.0360. The van der Waals surface area contributed by atoms with E-state index in [0.29, 0.717) is 37.3 Å². The maximum absolute atomic E-state index is 12.8. The summed E-state index contributed by atoms with van der Waals surface area (Å²) in [4.78, 5) is 21.7. The predicted molar refractivity (Wildman–Crippen MR) is 112 cm³/mol. The predicted octanol–water partition coefficient (Wildman–Crippen LogP) is 3.39. The second kappa shape index (κ2) is 7.80. The van der Waals surface area contributed by atoms with Crippen LogP contribution < -0.4 is 9.64 Å². The summed E-state index contributed by atoms with van der Waals surface area (Å²) >= 11 is 0. The van der Waals surface area contributed by atoms with Crippen LogP contribution in [0.4, 0.5) is 5.82 Å². The van der Waals surface area contributed by atoms with Gasteiger partial charge in [-0.2, -0.15) is 5.26 Å². The molecule has 1 fully saturated rings. The Hall–Kier alpha value is -3.59. The van der Waals surface area contributed by atoms with Gasteiger partial charge in [-0.1, -0.05) is 18.2 Å². The number of hydrogen-bond donors (Lipinski definition) is 0. The average Bonchev–Trinajstić information content (AvgIpc) is 2.78. The zero-order chi connectivity index (χ0) is 20.4. The van der Waals surface area contributed by atoms with Gasteiger partial charge in [0.1, 0.15) is 17.1 Å². The number of fused-ring (bicyclic) bond motifs is 1. The molecule has 1 amide bonds. The molecule has 2 aromatic carbocycles. The Morgan fingerprint density at radius 3 is 2.59 bits per heavy atom. The van der Waals surface area contributed by atoms with Crippen LogP contribution >= 0.6 is 0 Å². The van der Waals surface area contributed by atoms with E-state index in [1.807, 2.05) is 17.0 Å². The molecule has 1 aliphatic rings. The fourth-order valence-electron chi connectivity index (χ4n) is 3.74. The molecule has 0 bridgehead atoms. The van der Waals surface area contributed by atoms with Crippen LogP contribution in [0.2, 0.25) is 0 Å². The topological polar surface area (TPSA) is 69.5 Å². The summed E-state index contributed by atoms with van der Waals surface area (Å²) < 4.78 is 5.48. The van der Waals surface area contributed by atoms with E-state index in [4.69, 9.17) is 15.0 Å². The minimum Gasteiger partial charge on any atom is -0.494 e. The number of nitriles is 1. The number of ether oxygens (including phenoxy) is 1. The number of para-hydroxylation sites is 1. The number of carbonyl (C=O) groups is 1. The fraction of sp³-hybridized carbons (Fsp3) is 0.261. The molecule has 0 aliphatic carbocycles. The van der Waals surface area contributed by atoms with Gasteiger partial charge < -0.3 is 14.5 Å². The number of aromatic nitrogens is 1. The molecule has 6 nitrogen and oxygen atoms in total. The lowest BCUT2D eigenvalue weighted by atomic mass is 10.1. The van der Waals surface area contributed by atoms with Gasteiger partial charge in [-0.25, -0.2) is 4.98 Å². The summed E-state index contributed by atoms with van der Waals surface area (Å²) in [6.07, 6.45) is 0. The molecular formula is C23H22N4O2. The van der Waals surface area contributed by atoms with Gasteiger partial charge in [0.15, 0.2) is 0 Å². The Labute approximate surface area is 169 Å². The molecule has 6 heteroatoms. The molecule has 0 unspecified atom stereocenters. The second-order valence-corrected chi connectivity index (χ2v) is 7.13. The molecule has 1 aliphatic heterocycles. The van der Waals surface area contributed by atoms with E-state index < -0.39 is 0 Å². The first-order valence-corrected chi connectivity index (χ1v) is 9.59. The Morgan fingerprint density at radius 1 is 1.10 bits per heavy atom. The first-order chi connectivity index (χ1) is 14.1. The molecule has 0 saturated carbocycles. The zero-order valence-corrected chi connectivity index (χ0v) is 16.6. The van der Waals surface area contributed by atoms with Gasteiger partial charge in [0, 0.05) is 37.1 Å². The van der Waals surface area contributed by atoms with Gasteiger partial charge in [0.05, 0.1) is 18.7 Å². The zero-order valence-electron chi connectivity index (χ0n) is 16.6. The third-order valence-corrected chi connectivity index (χ3v) is 5.35. The molecule has 0 atom stereocenters. The lowest BCUT2D eigenvalue weighted by Crippen LogP contribution is -2.49. The van der Waals surface area contributed by atoms with Crippen LogP contribution in [0.3, 0.4) is 0 Å². The Bertz CT molecular complexity index is 1110. The smallest absolute Gasteiger partial charge is 0.254 e. The van der Waals surface area contributed by atoms with Crippen molar-refractivity contribution in [3.05, 3.63) is 65.2 Å². The maximum Gasteiger partial charge on any atom is 0.254 e. The summed E-state index contributed by atoms with van der Waals surface area (Å²) in [5, 5.41) is 10.1. The highest BCUT2D eigenvalue weighted by Crippen LogP contribution is 2.29. The monoisotopic (exact) mass is 386 g/mol. The molecule has 1 saturated heterocycles. The number of hydrogen-bond acceptors (Lipinski definition) is 5. The van der Waals surface area contributed by atoms with E-state index in [1.165, 1.54) is 0 Å².